The number of rotatable bonds is 4. The fraction of sp³-hybridized carbons (Fsp3) is 0.278. The molecule has 4 rings (SSSR count). The molecular weight excluding hydrogens is 368 g/mol. The molecule has 1 aromatic carbocycles. The molecule has 9 heteroatoms. The van der Waals surface area contributed by atoms with E-state index in [0.717, 1.165) is 27.8 Å². The first-order valence-electron chi connectivity index (χ1n) is 8.30. The minimum absolute atomic E-state index is 0.0783. The molecule has 0 saturated heterocycles. The van der Waals surface area contributed by atoms with Gasteiger partial charge in [0.1, 0.15) is 0 Å². The Labute approximate surface area is 158 Å². The van der Waals surface area contributed by atoms with Crippen LogP contribution in [0.2, 0.25) is 0 Å². The number of aromatic nitrogens is 4. The van der Waals surface area contributed by atoms with Crippen LogP contribution in [0.4, 0.5) is 0 Å². The number of phenolic OH excluding ortho intramolecular Hbond substituents is 1. The molecule has 0 bridgehead atoms. The molecule has 0 spiro atoms. The summed E-state index contributed by atoms with van der Waals surface area (Å²) in [5.41, 5.74) is 2.70. The number of benzene rings is 1. The number of fused-ring (bicyclic) bond motifs is 2. The van der Waals surface area contributed by atoms with Gasteiger partial charge in [0.15, 0.2) is 22.8 Å². The van der Waals surface area contributed by atoms with Crippen molar-refractivity contribution in [1.82, 2.24) is 19.7 Å². The normalized spacial score (nSPS) is 11.6. The molecule has 3 aromatic heterocycles. The molecule has 27 heavy (non-hydrogen) atoms. The summed E-state index contributed by atoms with van der Waals surface area (Å²) in [6.45, 7) is 4.03. The molecule has 0 fully saturated rings. The quantitative estimate of drug-likeness (QED) is 0.558. The van der Waals surface area contributed by atoms with Crippen LogP contribution < -0.4 is 14.3 Å². The maximum atomic E-state index is 12.0. The number of pyridine rings is 1. The molecular formula is C18H18N4O4S. The van der Waals surface area contributed by atoms with Crippen LogP contribution in [0.25, 0.3) is 32.5 Å². The summed E-state index contributed by atoms with van der Waals surface area (Å²) < 4.78 is 13.1. The van der Waals surface area contributed by atoms with Gasteiger partial charge in [-0.15, -0.1) is 0 Å². The zero-order valence-corrected chi connectivity index (χ0v) is 16.0. The smallest absolute Gasteiger partial charge is 0.306 e. The molecule has 0 atom stereocenters. The highest BCUT2D eigenvalue weighted by molar-refractivity contribution is 7.17. The second-order valence-electron chi connectivity index (χ2n) is 6.33. The van der Waals surface area contributed by atoms with E-state index in [4.69, 9.17) is 9.47 Å². The van der Waals surface area contributed by atoms with Gasteiger partial charge in [0.25, 0.3) is 0 Å². The average Bonchev–Trinajstić information content (AvgIpc) is 3.22. The van der Waals surface area contributed by atoms with E-state index in [1.165, 1.54) is 14.2 Å². The van der Waals surface area contributed by atoms with E-state index in [1.54, 1.807) is 18.3 Å². The van der Waals surface area contributed by atoms with Gasteiger partial charge in [-0.25, -0.2) is 9.67 Å². The number of phenols is 1. The molecule has 0 aliphatic heterocycles. The van der Waals surface area contributed by atoms with Crippen LogP contribution in [0, 0.1) is 0 Å². The lowest BCUT2D eigenvalue weighted by Gasteiger charge is -2.13. The molecule has 0 unspecified atom stereocenters. The van der Waals surface area contributed by atoms with E-state index in [-0.39, 0.29) is 28.2 Å². The van der Waals surface area contributed by atoms with Crippen LogP contribution in [-0.4, -0.2) is 39.1 Å². The van der Waals surface area contributed by atoms with Gasteiger partial charge in [0.2, 0.25) is 5.75 Å². The summed E-state index contributed by atoms with van der Waals surface area (Å²) in [6.07, 6.45) is 1.74. The van der Waals surface area contributed by atoms with Gasteiger partial charge in [0.05, 0.1) is 25.1 Å². The van der Waals surface area contributed by atoms with Crippen molar-refractivity contribution in [3.05, 3.63) is 28.0 Å². The van der Waals surface area contributed by atoms with Crippen LogP contribution in [0.15, 0.2) is 23.1 Å². The van der Waals surface area contributed by atoms with Gasteiger partial charge in [-0.2, -0.15) is 5.10 Å². The fourth-order valence-electron chi connectivity index (χ4n) is 3.14. The molecule has 8 nitrogen and oxygen atoms in total. The van der Waals surface area contributed by atoms with Gasteiger partial charge < -0.3 is 14.6 Å². The first kappa shape index (κ1) is 17.3. The van der Waals surface area contributed by atoms with Crippen molar-refractivity contribution in [2.24, 2.45) is 0 Å². The molecule has 140 valence electrons. The second kappa shape index (κ2) is 6.27. The third kappa shape index (κ3) is 2.62. The number of hydrogen-bond acceptors (Lipinski definition) is 7. The molecule has 0 aliphatic rings. The number of H-pyrrole nitrogens is 1. The lowest BCUT2D eigenvalue weighted by Crippen LogP contribution is -2.03. The lowest BCUT2D eigenvalue weighted by atomic mass is 10.0. The van der Waals surface area contributed by atoms with Gasteiger partial charge in [-0.3, -0.25) is 9.78 Å². The van der Waals surface area contributed by atoms with Crippen LogP contribution in [0.3, 0.4) is 0 Å². The maximum Gasteiger partial charge on any atom is 0.306 e. The van der Waals surface area contributed by atoms with Crippen molar-refractivity contribution in [2.45, 2.75) is 19.9 Å². The third-order valence-corrected chi connectivity index (χ3v) is 5.26. The zero-order chi connectivity index (χ0) is 19.3. The first-order valence-corrected chi connectivity index (χ1v) is 9.11. The Morgan fingerprint density at radius 3 is 2.48 bits per heavy atom. The standard InChI is InChI=1S/C18H18N4O4S/c1-8(2)22-17-10(7-19-22)13(15-16(20-17)21-18(24)27-15)9-5-11(25-3)14(23)12(6-9)26-4/h5-8,23H,1-4H3,(H,20,21,24). The highest BCUT2D eigenvalue weighted by Crippen LogP contribution is 2.44. The largest absolute Gasteiger partial charge is 0.502 e. The molecule has 0 saturated carbocycles. The van der Waals surface area contributed by atoms with Gasteiger partial charge in [0, 0.05) is 17.0 Å². The van der Waals surface area contributed by atoms with Crippen molar-refractivity contribution in [1.29, 1.82) is 0 Å². The van der Waals surface area contributed by atoms with E-state index >= 15 is 0 Å². The summed E-state index contributed by atoms with van der Waals surface area (Å²) in [6, 6.07) is 3.53. The molecule has 2 N–H and O–H groups in total. The summed E-state index contributed by atoms with van der Waals surface area (Å²) >= 11 is 1.08. The van der Waals surface area contributed by atoms with Crippen LogP contribution in [0.1, 0.15) is 19.9 Å². The number of nitrogens with one attached hydrogen (secondary N) is 1. The Morgan fingerprint density at radius 2 is 1.89 bits per heavy atom. The number of methoxy groups -OCH3 is 2. The highest BCUT2D eigenvalue weighted by atomic mass is 32.1. The predicted octanol–water partition coefficient (Wildman–Crippen LogP) is 3.31. The predicted molar refractivity (Wildman–Crippen MR) is 104 cm³/mol. The Morgan fingerprint density at radius 1 is 1.22 bits per heavy atom. The minimum atomic E-state index is -0.187. The minimum Gasteiger partial charge on any atom is -0.502 e. The van der Waals surface area contributed by atoms with Crippen LogP contribution in [0.5, 0.6) is 17.2 Å². The van der Waals surface area contributed by atoms with Crippen molar-refractivity contribution < 1.29 is 14.6 Å². The van der Waals surface area contributed by atoms with Crippen molar-refractivity contribution in [3.63, 3.8) is 0 Å². The number of nitrogens with zero attached hydrogens (tertiary/aromatic N) is 3. The number of thiazole rings is 1. The maximum absolute atomic E-state index is 12.0. The molecule has 3 heterocycles. The second-order valence-corrected chi connectivity index (χ2v) is 7.31. The average molecular weight is 386 g/mol. The Hall–Kier alpha value is -3.07. The number of aromatic amines is 1. The van der Waals surface area contributed by atoms with E-state index in [1.807, 2.05) is 18.5 Å². The molecule has 0 radical (unpaired) electrons. The monoisotopic (exact) mass is 386 g/mol. The van der Waals surface area contributed by atoms with E-state index in [0.29, 0.717) is 16.0 Å². The van der Waals surface area contributed by atoms with Crippen LogP contribution >= 0.6 is 11.3 Å². The Bertz CT molecular complexity index is 1200. The van der Waals surface area contributed by atoms with E-state index < -0.39 is 0 Å². The number of ether oxygens (including phenoxy) is 2. The first-order chi connectivity index (χ1) is 12.9. The zero-order valence-electron chi connectivity index (χ0n) is 15.2. The Kier molecular flexibility index (Phi) is 4.03. The summed E-state index contributed by atoms with van der Waals surface area (Å²) in [7, 11) is 2.95. The van der Waals surface area contributed by atoms with Gasteiger partial charge in [-0.05, 0) is 31.5 Å². The number of aromatic hydroxyl groups is 1. The van der Waals surface area contributed by atoms with Crippen LogP contribution in [-0.2, 0) is 0 Å². The summed E-state index contributed by atoms with van der Waals surface area (Å²) in [4.78, 5) is 19.2. The van der Waals surface area contributed by atoms with Gasteiger partial charge in [-0.1, -0.05) is 11.3 Å². The SMILES string of the molecule is COc1cc(-c2c3cnn(C(C)C)c3nc3[nH]c(=O)sc23)cc(OC)c1O. The lowest BCUT2D eigenvalue weighted by molar-refractivity contribution is 0.340. The van der Waals surface area contributed by atoms with E-state index in [2.05, 4.69) is 15.1 Å². The third-order valence-electron chi connectivity index (χ3n) is 4.37. The Balaban J connectivity index is 2.15. The summed E-state index contributed by atoms with van der Waals surface area (Å²) in [5, 5.41) is 15.5. The van der Waals surface area contributed by atoms with Crippen molar-refractivity contribution in [3.8, 4) is 28.4 Å². The summed E-state index contributed by atoms with van der Waals surface area (Å²) in [5.74, 6) is 0.480. The molecule has 4 aromatic rings. The van der Waals surface area contributed by atoms with Gasteiger partial charge >= 0.3 is 4.87 Å². The van der Waals surface area contributed by atoms with E-state index in [9.17, 15) is 9.90 Å². The number of hydrogen-bond donors (Lipinski definition) is 2. The topological polar surface area (TPSA) is 102 Å². The highest BCUT2D eigenvalue weighted by Gasteiger charge is 2.21. The fourth-order valence-corrected chi connectivity index (χ4v) is 4.00. The van der Waals surface area contributed by atoms with Crippen molar-refractivity contribution >= 4 is 32.7 Å². The van der Waals surface area contributed by atoms with Crippen molar-refractivity contribution in [2.75, 3.05) is 14.2 Å². The molecule has 0 aliphatic carbocycles. The molecule has 0 amide bonds.